The van der Waals surface area contributed by atoms with E-state index in [-0.39, 0.29) is 32.3 Å². The van der Waals surface area contributed by atoms with Crippen LogP contribution in [0.1, 0.15) is 82.8 Å². The third-order valence-electron chi connectivity index (χ3n) is 9.61. The Bertz CT molecular complexity index is 2330. The number of benzene rings is 4. The monoisotopic (exact) mass is 871 g/mol. The maximum absolute atomic E-state index is 14.4. The molecule has 0 saturated carbocycles. The minimum Gasteiger partial charge on any atom is -0.509 e. The van der Waals surface area contributed by atoms with Gasteiger partial charge in [0, 0.05) is 40.5 Å². The number of fused-ring (bicyclic) bond motifs is 3. The average Bonchev–Trinajstić information content (AvgIpc) is 3.65. The molecule has 0 bridgehead atoms. The van der Waals surface area contributed by atoms with Crippen molar-refractivity contribution in [1.82, 2.24) is 19.3 Å². The van der Waals surface area contributed by atoms with Gasteiger partial charge in [0.05, 0.1) is 5.69 Å². The summed E-state index contributed by atoms with van der Waals surface area (Å²) in [5.41, 5.74) is 9.69. The molecule has 0 aliphatic carbocycles. The van der Waals surface area contributed by atoms with E-state index in [9.17, 15) is 4.39 Å². The predicted molar refractivity (Wildman–Crippen MR) is 206 cm³/mol. The number of hydrogen-bond acceptors (Lipinski definition) is 3. The fourth-order valence-electron chi connectivity index (χ4n) is 7.01. The number of para-hydroxylation sites is 1. The van der Waals surface area contributed by atoms with Crippen LogP contribution < -0.4 is 4.74 Å². The normalized spacial score (nSPS) is 11.7. The number of aryl methyl sites for hydroxylation is 2. The Labute approximate surface area is 321 Å². The molecule has 7 aromatic rings. The molecule has 0 unspecified atom stereocenters. The van der Waals surface area contributed by atoms with Crippen LogP contribution >= 0.6 is 0 Å². The van der Waals surface area contributed by atoms with Gasteiger partial charge >= 0.3 is 21.1 Å². The Hall–Kier alpha value is -4.54. The van der Waals surface area contributed by atoms with Crippen molar-refractivity contribution in [2.75, 3.05) is 0 Å². The van der Waals surface area contributed by atoms with Crippen molar-refractivity contribution < 1.29 is 30.2 Å². The topological polar surface area (TPSA) is 44.9 Å². The molecule has 0 fully saturated rings. The number of nitrogens with zero attached hydrogens (tertiary/aromatic N) is 4. The molecular formula is C45H45FN4OPt. The van der Waals surface area contributed by atoms with E-state index in [4.69, 9.17) is 9.84 Å². The Morgan fingerprint density at radius 3 is 2.35 bits per heavy atom. The summed E-state index contributed by atoms with van der Waals surface area (Å²) >= 11 is 0. The van der Waals surface area contributed by atoms with Gasteiger partial charge in [0.2, 0.25) is 0 Å². The van der Waals surface area contributed by atoms with Gasteiger partial charge in [-0.2, -0.15) is 16.7 Å². The van der Waals surface area contributed by atoms with Crippen LogP contribution in [0.15, 0.2) is 91.1 Å². The number of halogens is 1. The molecule has 0 radical (unpaired) electrons. The summed E-state index contributed by atoms with van der Waals surface area (Å²) in [5, 5.41) is 7.25. The zero-order chi connectivity index (χ0) is 35.7. The molecule has 268 valence electrons. The van der Waals surface area contributed by atoms with Gasteiger partial charge in [0.15, 0.2) is 0 Å². The summed E-state index contributed by atoms with van der Waals surface area (Å²) in [6.45, 7) is 13.3. The van der Waals surface area contributed by atoms with Gasteiger partial charge in [-0.15, -0.1) is 35.7 Å². The summed E-state index contributed by atoms with van der Waals surface area (Å²) in [7, 11) is 0. The van der Waals surface area contributed by atoms with Crippen LogP contribution in [0, 0.1) is 24.9 Å². The van der Waals surface area contributed by atoms with Crippen molar-refractivity contribution in [3.8, 4) is 34.1 Å². The Kier molecular flexibility index (Phi) is 11.2. The molecule has 52 heavy (non-hydrogen) atoms. The second-order valence-electron chi connectivity index (χ2n) is 14.5. The minimum atomic E-state index is -0.347. The first-order valence-corrected chi connectivity index (χ1v) is 18.2. The molecule has 0 spiro atoms. The van der Waals surface area contributed by atoms with E-state index in [0.717, 1.165) is 58.0 Å². The molecule has 3 aromatic heterocycles. The molecule has 0 saturated heterocycles. The van der Waals surface area contributed by atoms with E-state index in [1.54, 1.807) is 0 Å². The van der Waals surface area contributed by atoms with Crippen molar-refractivity contribution in [3.05, 3.63) is 132 Å². The number of pyridine rings is 1. The number of aromatic nitrogens is 4. The molecule has 3 heterocycles. The smallest absolute Gasteiger partial charge is 0.509 e. The molecule has 0 aliphatic heterocycles. The van der Waals surface area contributed by atoms with E-state index >= 15 is 0 Å². The van der Waals surface area contributed by atoms with Gasteiger partial charge in [-0.25, -0.2) is 9.37 Å². The van der Waals surface area contributed by atoms with Crippen molar-refractivity contribution in [1.29, 1.82) is 0 Å². The van der Waals surface area contributed by atoms with E-state index in [2.05, 4.69) is 99.7 Å². The van der Waals surface area contributed by atoms with Gasteiger partial charge in [0.1, 0.15) is 11.6 Å². The molecule has 0 atom stereocenters. The van der Waals surface area contributed by atoms with Crippen molar-refractivity contribution in [2.24, 2.45) is 0 Å². The molecule has 7 rings (SSSR count). The fourth-order valence-corrected chi connectivity index (χ4v) is 7.01. The maximum atomic E-state index is 14.4. The molecule has 4 aromatic carbocycles. The molecule has 0 N–H and O–H groups in total. The van der Waals surface area contributed by atoms with Gasteiger partial charge < -0.3 is 9.30 Å². The predicted octanol–water partition coefficient (Wildman–Crippen LogP) is 11.9. The zero-order valence-electron chi connectivity index (χ0n) is 30.8. The SMILES string of the molecule is CCCCCCc1c(-c2ccc(C(C)(C)C)cc2)c(CC)nn1-c1[c-]c(Oc2[c-]c3c(cc2)c2ccccc2n3-c2cc(F)ccn2)cc(C)c1.[Pt+2]. The first kappa shape index (κ1) is 37.2. The van der Waals surface area contributed by atoms with E-state index in [1.807, 2.05) is 41.0 Å². The van der Waals surface area contributed by atoms with Gasteiger partial charge in [0.25, 0.3) is 0 Å². The van der Waals surface area contributed by atoms with Gasteiger partial charge in [-0.3, -0.25) is 4.68 Å². The van der Waals surface area contributed by atoms with Crippen LogP contribution in [0.4, 0.5) is 4.39 Å². The second-order valence-corrected chi connectivity index (χ2v) is 14.5. The average molecular weight is 872 g/mol. The molecule has 7 heteroatoms. The van der Waals surface area contributed by atoms with E-state index in [1.165, 1.54) is 60.0 Å². The molecule has 0 aliphatic rings. The van der Waals surface area contributed by atoms with Crippen LogP contribution in [-0.4, -0.2) is 19.3 Å². The molecule has 5 nitrogen and oxygen atoms in total. The summed E-state index contributed by atoms with van der Waals surface area (Å²) in [5.74, 6) is 1.25. The second kappa shape index (κ2) is 15.6. The van der Waals surface area contributed by atoms with Crippen LogP contribution in [-0.2, 0) is 39.3 Å². The number of unbranched alkanes of at least 4 members (excludes halogenated alkanes) is 3. The van der Waals surface area contributed by atoms with Crippen LogP contribution in [0.3, 0.4) is 0 Å². The van der Waals surface area contributed by atoms with E-state index < -0.39 is 0 Å². The number of hydrogen-bond donors (Lipinski definition) is 0. The quantitative estimate of drug-likeness (QED) is 0.0961. The van der Waals surface area contributed by atoms with Crippen LogP contribution in [0.2, 0.25) is 0 Å². The summed E-state index contributed by atoms with van der Waals surface area (Å²) in [6, 6.07) is 35.0. The standard InChI is InChI=1S/C45H45FN4O.Pt/c1-7-9-10-11-16-41-44(31-17-19-32(20-18-31)45(4,5)6)39(8-2)48-50(41)34-25-30(3)26-36(28-34)51-35-21-22-38-37-14-12-13-15-40(37)49(42(38)29-35)43-27-33(46)23-24-47-43;/h12-15,17-27H,7-11,16H2,1-6H3;/q-2;+2. The Morgan fingerprint density at radius 2 is 1.62 bits per heavy atom. The minimum absolute atomic E-state index is 0. The number of rotatable bonds is 11. The molecule has 0 amide bonds. The Balaban J connectivity index is 0.00000464. The number of ether oxygens (including phenoxy) is 1. The summed E-state index contributed by atoms with van der Waals surface area (Å²) < 4.78 is 24.9. The Morgan fingerprint density at radius 1 is 0.827 bits per heavy atom. The third-order valence-corrected chi connectivity index (χ3v) is 9.61. The van der Waals surface area contributed by atoms with Gasteiger partial charge in [-0.1, -0.05) is 109 Å². The summed E-state index contributed by atoms with van der Waals surface area (Å²) in [6.07, 6.45) is 7.90. The van der Waals surface area contributed by atoms with Gasteiger partial charge in [-0.05, 0) is 59.0 Å². The van der Waals surface area contributed by atoms with Crippen LogP contribution in [0.5, 0.6) is 11.5 Å². The van der Waals surface area contributed by atoms with Crippen LogP contribution in [0.25, 0.3) is 44.4 Å². The first-order valence-electron chi connectivity index (χ1n) is 18.2. The maximum Gasteiger partial charge on any atom is 2.00 e. The van der Waals surface area contributed by atoms with Crippen molar-refractivity contribution >= 4 is 21.8 Å². The van der Waals surface area contributed by atoms with E-state index in [0.29, 0.717) is 17.3 Å². The van der Waals surface area contributed by atoms with Crippen molar-refractivity contribution in [2.45, 2.75) is 85.5 Å². The first-order chi connectivity index (χ1) is 24.6. The zero-order valence-corrected chi connectivity index (χ0v) is 33.1. The third kappa shape index (κ3) is 7.50. The molecular weight excluding hydrogens is 827 g/mol. The summed E-state index contributed by atoms with van der Waals surface area (Å²) in [4.78, 5) is 4.49. The van der Waals surface area contributed by atoms with Crippen molar-refractivity contribution in [3.63, 3.8) is 0 Å². The fraction of sp³-hybridized carbons (Fsp3) is 0.289. The largest absolute Gasteiger partial charge is 2.00 e.